The van der Waals surface area contributed by atoms with E-state index in [9.17, 15) is 19.2 Å². The minimum atomic E-state index is -0.896. The predicted octanol–water partition coefficient (Wildman–Crippen LogP) is 1.43. The lowest BCUT2D eigenvalue weighted by Crippen LogP contribution is -2.46. The highest BCUT2D eigenvalue weighted by molar-refractivity contribution is 5.99. The van der Waals surface area contributed by atoms with Gasteiger partial charge in [-0.3, -0.25) is 19.2 Å². The van der Waals surface area contributed by atoms with Gasteiger partial charge in [0.15, 0.2) is 0 Å². The van der Waals surface area contributed by atoms with E-state index in [-0.39, 0.29) is 36.7 Å². The van der Waals surface area contributed by atoms with Crippen LogP contribution in [0.5, 0.6) is 0 Å². The number of anilines is 1. The van der Waals surface area contributed by atoms with Gasteiger partial charge in [0, 0.05) is 37.3 Å². The number of carboxylic acids is 1. The number of benzene rings is 1. The van der Waals surface area contributed by atoms with Gasteiger partial charge in [0.05, 0.1) is 12.5 Å². The van der Waals surface area contributed by atoms with Gasteiger partial charge in [-0.2, -0.15) is 0 Å². The normalized spacial score (nSPS) is 19.0. The summed E-state index contributed by atoms with van der Waals surface area (Å²) in [6.45, 7) is 0.566. The lowest BCUT2D eigenvalue weighted by molar-refractivity contribution is -0.145. The molecule has 1 aromatic rings. The molecule has 3 amide bonds. The maximum atomic E-state index is 12.7. The Morgan fingerprint density at radius 1 is 1.18 bits per heavy atom. The Kier molecular flexibility index (Phi) is 5.96. The Balaban J connectivity index is 1.58. The predicted molar refractivity (Wildman–Crippen MR) is 102 cm³/mol. The van der Waals surface area contributed by atoms with Gasteiger partial charge in [0.25, 0.3) is 5.91 Å². The molecule has 1 aliphatic heterocycles. The zero-order valence-corrected chi connectivity index (χ0v) is 15.9. The van der Waals surface area contributed by atoms with Crippen LogP contribution < -0.4 is 5.32 Å². The topological polar surface area (TPSA) is 107 Å². The number of carbonyl (C=O) groups excluding carboxylic acids is 3. The molecule has 1 heterocycles. The van der Waals surface area contributed by atoms with Crippen molar-refractivity contribution in [3.05, 3.63) is 29.8 Å². The van der Waals surface area contributed by atoms with Crippen LogP contribution in [-0.4, -0.2) is 65.3 Å². The van der Waals surface area contributed by atoms with Crippen LogP contribution in [0.25, 0.3) is 0 Å². The van der Waals surface area contributed by atoms with Crippen molar-refractivity contribution in [1.82, 2.24) is 9.80 Å². The van der Waals surface area contributed by atoms with Gasteiger partial charge < -0.3 is 20.2 Å². The van der Waals surface area contributed by atoms with Crippen molar-refractivity contribution in [3.8, 4) is 0 Å². The molecule has 0 radical (unpaired) electrons. The molecule has 150 valence electrons. The van der Waals surface area contributed by atoms with Crippen molar-refractivity contribution in [2.24, 2.45) is 11.8 Å². The molecule has 8 nitrogen and oxygen atoms in total. The first kappa shape index (κ1) is 19.9. The van der Waals surface area contributed by atoms with E-state index < -0.39 is 11.9 Å². The SMILES string of the molecule is CN(CC(=O)N1CCCC(C(=O)O)C1)C(=O)c1cccc(NC(=O)C2CC2)c1. The van der Waals surface area contributed by atoms with Crippen LogP contribution in [0.1, 0.15) is 36.0 Å². The maximum absolute atomic E-state index is 12.7. The summed E-state index contributed by atoms with van der Waals surface area (Å²) >= 11 is 0. The molecule has 8 heteroatoms. The number of rotatable bonds is 6. The van der Waals surface area contributed by atoms with Crippen LogP contribution in [0.4, 0.5) is 5.69 Å². The summed E-state index contributed by atoms with van der Waals surface area (Å²) in [5.41, 5.74) is 0.939. The van der Waals surface area contributed by atoms with E-state index >= 15 is 0 Å². The van der Waals surface area contributed by atoms with Crippen molar-refractivity contribution in [2.75, 3.05) is 32.0 Å². The lowest BCUT2D eigenvalue weighted by atomic mass is 9.98. The van der Waals surface area contributed by atoms with E-state index in [2.05, 4.69) is 5.32 Å². The maximum Gasteiger partial charge on any atom is 0.308 e. The fraction of sp³-hybridized carbons (Fsp3) is 0.500. The average Bonchev–Trinajstić information content (AvgIpc) is 3.53. The fourth-order valence-corrected chi connectivity index (χ4v) is 3.32. The minimum Gasteiger partial charge on any atom is -0.481 e. The van der Waals surface area contributed by atoms with Crippen LogP contribution in [-0.2, 0) is 14.4 Å². The number of hydrogen-bond donors (Lipinski definition) is 2. The third kappa shape index (κ3) is 4.88. The molecule has 1 aliphatic carbocycles. The molecule has 0 bridgehead atoms. The van der Waals surface area contributed by atoms with Crippen LogP contribution >= 0.6 is 0 Å². The number of piperidine rings is 1. The molecule has 0 aromatic heterocycles. The molecule has 2 aliphatic rings. The second-order valence-corrected chi connectivity index (χ2v) is 7.52. The highest BCUT2D eigenvalue weighted by atomic mass is 16.4. The van der Waals surface area contributed by atoms with Crippen molar-refractivity contribution in [2.45, 2.75) is 25.7 Å². The number of likely N-dealkylation sites (tertiary alicyclic amines) is 1. The second-order valence-electron chi connectivity index (χ2n) is 7.52. The number of hydrogen-bond acceptors (Lipinski definition) is 4. The largest absolute Gasteiger partial charge is 0.481 e. The van der Waals surface area contributed by atoms with E-state index in [0.29, 0.717) is 30.6 Å². The summed E-state index contributed by atoms with van der Waals surface area (Å²) in [4.78, 5) is 51.0. The highest BCUT2D eigenvalue weighted by Crippen LogP contribution is 2.30. The van der Waals surface area contributed by atoms with Crippen molar-refractivity contribution in [1.29, 1.82) is 0 Å². The highest BCUT2D eigenvalue weighted by Gasteiger charge is 2.30. The number of likely N-dealkylation sites (N-methyl/N-ethyl adjacent to an activating group) is 1. The van der Waals surface area contributed by atoms with Gasteiger partial charge >= 0.3 is 5.97 Å². The Morgan fingerprint density at radius 3 is 2.61 bits per heavy atom. The average molecular weight is 387 g/mol. The van der Waals surface area contributed by atoms with Gasteiger partial charge in [0.1, 0.15) is 0 Å². The molecule has 0 spiro atoms. The smallest absolute Gasteiger partial charge is 0.308 e. The summed E-state index contributed by atoms with van der Waals surface area (Å²) < 4.78 is 0. The number of carboxylic acid groups (broad SMARTS) is 1. The van der Waals surface area contributed by atoms with E-state index in [4.69, 9.17) is 5.11 Å². The number of carbonyl (C=O) groups is 4. The molecular weight excluding hydrogens is 362 g/mol. The molecule has 1 unspecified atom stereocenters. The Bertz CT molecular complexity index is 790. The molecule has 28 heavy (non-hydrogen) atoms. The minimum absolute atomic E-state index is 0.0359. The number of nitrogens with zero attached hydrogens (tertiary/aromatic N) is 2. The van der Waals surface area contributed by atoms with Crippen molar-refractivity contribution in [3.63, 3.8) is 0 Å². The monoisotopic (exact) mass is 387 g/mol. The first-order valence-electron chi connectivity index (χ1n) is 9.52. The first-order chi connectivity index (χ1) is 13.3. The Labute approximate surface area is 163 Å². The molecule has 1 saturated carbocycles. The third-order valence-corrected chi connectivity index (χ3v) is 5.17. The quantitative estimate of drug-likeness (QED) is 0.768. The van der Waals surface area contributed by atoms with Gasteiger partial charge in [-0.1, -0.05) is 6.07 Å². The van der Waals surface area contributed by atoms with Gasteiger partial charge in [0.2, 0.25) is 11.8 Å². The van der Waals surface area contributed by atoms with Crippen LogP contribution in [0.15, 0.2) is 24.3 Å². The van der Waals surface area contributed by atoms with E-state index in [1.165, 1.54) is 16.8 Å². The number of aliphatic carboxylic acids is 1. The number of nitrogens with one attached hydrogen (secondary N) is 1. The van der Waals surface area contributed by atoms with E-state index in [0.717, 1.165) is 12.8 Å². The van der Waals surface area contributed by atoms with Crippen LogP contribution in [0.2, 0.25) is 0 Å². The molecule has 1 saturated heterocycles. The van der Waals surface area contributed by atoms with Crippen LogP contribution in [0.3, 0.4) is 0 Å². The zero-order chi connectivity index (χ0) is 20.3. The van der Waals surface area contributed by atoms with Gasteiger partial charge in [-0.05, 0) is 43.9 Å². The molecular formula is C20H25N3O5. The van der Waals surface area contributed by atoms with E-state index in [1.54, 1.807) is 24.3 Å². The van der Waals surface area contributed by atoms with Crippen LogP contribution in [0, 0.1) is 11.8 Å². The molecule has 3 rings (SSSR count). The fourth-order valence-electron chi connectivity index (χ4n) is 3.32. The number of amides is 3. The molecule has 2 fully saturated rings. The summed E-state index contributed by atoms with van der Waals surface area (Å²) in [6, 6.07) is 6.65. The van der Waals surface area contributed by atoms with Crippen molar-refractivity contribution >= 4 is 29.4 Å². The summed E-state index contributed by atoms with van der Waals surface area (Å²) in [6.07, 6.45) is 3.00. The Morgan fingerprint density at radius 2 is 1.93 bits per heavy atom. The van der Waals surface area contributed by atoms with E-state index in [1.807, 2.05) is 0 Å². The molecule has 2 N–H and O–H groups in total. The first-order valence-corrected chi connectivity index (χ1v) is 9.52. The summed E-state index contributed by atoms with van der Waals surface area (Å²) in [5, 5.41) is 12.0. The second kappa shape index (κ2) is 8.41. The third-order valence-electron chi connectivity index (χ3n) is 5.17. The molecule has 1 aromatic carbocycles. The van der Waals surface area contributed by atoms with Gasteiger partial charge in [-0.25, -0.2) is 0 Å². The Hall–Kier alpha value is -2.90. The summed E-state index contributed by atoms with van der Waals surface area (Å²) in [5.74, 6) is -2.01. The molecule has 1 atom stereocenters. The lowest BCUT2D eigenvalue weighted by Gasteiger charge is -2.32. The zero-order valence-electron chi connectivity index (χ0n) is 15.9. The van der Waals surface area contributed by atoms with Gasteiger partial charge in [-0.15, -0.1) is 0 Å². The standard InChI is InChI=1S/C20H25N3O5/c1-22(12-17(24)23-9-3-5-15(11-23)20(27)28)19(26)14-4-2-6-16(10-14)21-18(25)13-7-8-13/h2,4,6,10,13,15H,3,5,7-9,11-12H2,1H3,(H,21,25)(H,27,28). The summed E-state index contributed by atoms with van der Waals surface area (Å²) in [7, 11) is 1.54. The van der Waals surface area contributed by atoms with Crippen molar-refractivity contribution < 1.29 is 24.3 Å².